The fourth-order valence-corrected chi connectivity index (χ4v) is 1.55. The van der Waals surface area contributed by atoms with Crippen molar-refractivity contribution in [3.8, 4) is 0 Å². The fraction of sp³-hybridized carbons (Fsp3) is 1.00. The maximum Gasteiger partial charge on any atom is 0.168 e. The standard InChI is InChI=1S/C9H18O2.CH4/c1-5-10-9(4)8(3)7(2)6-11-9;/h7-8H,5-6H2,1-4H3;1H4/t7-,8?,9+;/m0./s1. The molecule has 3 atom stereocenters. The summed E-state index contributed by atoms with van der Waals surface area (Å²) in [6.45, 7) is 9.99. The van der Waals surface area contributed by atoms with Crippen LogP contribution in [0.5, 0.6) is 0 Å². The van der Waals surface area contributed by atoms with Crippen LogP contribution in [0, 0.1) is 11.8 Å². The number of hydrogen-bond donors (Lipinski definition) is 0. The van der Waals surface area contributed by atoms with E-state index in [0.717, 1.165) is 13.2 Å². The van der Waals surface area contributed by atoms with E-state index < -0.39 is 0 Å². The average Bonchev–Trinajstić information content (AvgIpc) is 2.19. The number of ether oxygens (including phenoxy) is 2. The Morgan fingerprint density at radius 1 is 1.50 bits per heavy atom. The van der Waals surface area contributed by atoms with Crippen molar-refractivity contribution in [2.45, 2.75) is 40.9 Å². The zero-order chi connectivity index (χ0) is 8.48. The van der Waals surface area contributed by atoms with Gasteiger partial charge >= 0.3 is 0 Å². The summed E-state index contributed by atoms with van der Waals surface area (Å²) >= 11 is 0. The lowest BCUT2D eigenvalue weighted by molar-refractivity contribution is -0.213. The van der Waals surface area contributed by atoms with Crippen molar-refractivity contribution in [1.29, 1.82) is 0 Å². The highest BCUT2D eigenvalue weighted by atomic mass is 16.7. The molecule has 0 aromatic carbocycles. The Labute approximate surface area is 76.3 Å². The van der Waals surface area contributed by atoms with E-state index >= 15 is 0 Å². The monoisotopic (exact) mass is 174 g/mol. The maximum atomic E-state index is 5.58. The summed E-state index contributed by atoms with van der Waals surface area (Å²) in [5.41, 5.74) is 0. The van der Waals surface area contributed by atoms with E-state index in [9.17, 15) is 0 Å². The number of rotatable bonds is 2. The second-order valence-corrected chi connectivity index (χ2v) is 3.53. The Balaban J connectivity index is 0.00000121. The summed E-state index contributed by atoms with van der Waals surface area (Å²) in [4.78, 5) is 0. The molecule has 0 aliphatic carbocycles. The van der Waals surface area contributed by atoms with Crippen molar-refractivity contribution >= 4 is 0 Å². The third kappa shape index (κ3) is 1.99. The fourth-order valence-electron chi connectivity index (χ4n) is 1.55. The lowest BCUT2D eigenvalue weighted by atomic mass is 9.93. The van der Waals surface area contributed by atoms with Gasteiger partial charge in [0.05, 0.1) is 6.61 Å². The SMILES string of the molecule is C.CCO[C@]1(C)OC[C@H](C)C1C. The van der Waals surface area contributed by atoms with E-state index in [2.05, 4.69) is 13.8 Å². The van der Waals surface area contributed by atoms with Gasteiger partial charge in [-0.2, -0.15) is 0 Å². The molecule has 1 unspecified atom stereocenters. The highest BCUT2D eigenvalue weighted by Gasteiger charge is 2.42. The second-order valence-electron chi connectivity index (χ2n) is 3.53. The van der Waals surface area contributed by atoms with Crippen molar-refractivity contribution in [2.75, 3.05) is 13.2 Å². The summed E-state index contributed by atoms with van der Waals surface area (Å²) in [5, 5.41) is 0. The predicted molar refractivity (Wildman–Crippen MR) is 51.0 cm³/mol. The molecule has 1 rings (SSSR count). The van der Waals surface area contributed by atoms with Crippen LogP contribution in [0.25, 0.3) is 0 Å². The van der Waals surface area contributed by atoms with Gasteiger partial charge in [0.1, 0.15) is 0 Å². The first-order valence-electron chi connectivity index (χ1n) is 4.38. The Morgan fingerprint density at radius 2 is 2.08 bits per heavy atom. The van der Waals surface area contributed by atoms with Crippen LogP contribution in [-0.2, 0) is 9.47 Å². The van der Waals surface area contributed by atoms with E-state index in [4.69, 9.17) is 9.47 Å². The van der Waals surface area contributed by atoms with Gasteiger partial charge in [-0.15, -0.1) is 0 Å². The molecule has 0 radical (unpaired) electrons. The van der Waals surface area contributed by atoms with Gasteiger partial charge in [-0.25, -0.2) is 0 Å². The first kappa shape index (κ1) is 11.9. The van der Waals surface area contributed by atoms with Crippen LogP contribution in [0.4, 0.5) is 0 Å². The van der Waals surface area contributed by atoms with Crippen molar-refractivity contribution in [2.24, 2.45) is 11.8 Å². The van der Waals surface area contributed by atoms with Crippen LogP contribution < -0.4 is 0 Å². The van der Waals surface area contributed by atoms with Crippen LogP contribution in [-0.4, -0.2) is 19.0 Å². The minimum Gasteiger partial charge on any atom is -0.350 e. The minimum absolute atomic E-state index is 0. The third-order valence-electron chi connectivity index (χ3n) is 2.74. The first-order valence-corrected chi connectivity index (χ1v) is 4.38. The van der Waals surface area contributed by atoms with Crippen LogP contribution >= 0.6 is 0 Å². The molecule has 0 bridgehead atoms. The molecule has 2 heteroatoms. The zero-order valence-corrected chi connectivity index (χ0v) is 7.89. The number of hydrogen-bond acceptors (Lipinski definition) is 2. The molecule has 0 spiro atoms. The van der Waals surface area contributed by atoms with Crippen molar-refractivity contribution < 1.29 is 9.47 Å². The lowest BCUT2D eigenvalue weighted by Gasteiger charge is -2.28. The van der Waals surface area contributed by atoms with Crippen LogP contribution in [0.15, 0.2) is 0 Å². The van der Waals surface area contributed by atoms with Gasteiger partial charge < -0.3 is 9.47 Å². The van der Waals surface area contributed by atoms with Crippen LogP contribution in [0.3, 0.4) is 0 Å². The van der Waals surface area contributed by atoms with Gasteiger partial charge in [0.25, 0.3) is 0 Å². The van der Waals surface area contributed by atoms with Gasteiger partial charge in [-0.3, -0.25) is 0 Å². The highest BCUT2D eigenvalue weighted by Crippen LogP contribution is 2.36. The van der Waals surface area contributed by atoms with Crippen LogP contribution in [0.2, 0.25) is 0 Å². The van der Waals surface area contributed by atoms with Crippen molar-refractivity contribution in [3.05, 3.63) is 0 Å². The van der Waals surface area contributed by atoms with Gasteiger partial charge in [-0.05, 0) is 19.8 Å². The molecule has 1 aliphatic heterocycles. The minimum atomic E-state index is -0.325. The van der Waals surface area contributed by atoms with Gasteiger partial charge in [0, 0.05) is 12.5 Å². The summed E-state index contributed by atoms with van der Waals surface area (Å²) in [6.07, 6.45) is 0. The Kier molecular flexibility index (Phi) is 4.21. The Morgan fingerprint density at radius 3 is 2.42 bits per heavy atom. The molecule has 0 N–H and O–H groups in total. The van der Waals surface area contributed by atoms with Crippen LogP contribution in [0.1, 0.15) is 35.1 Å². The molecular formula is C10H22O2. The smallest absolute Gasteiger partial charge is 0.168 e. The van der Waals surface area contributed by atoms with E-state index in [1.165, 1.54) is 0 Å². The predicted octanol–water partition coefficient (Wildman–Crippen LogP) is 2.68. The normalized spacial score (nSPS) is 41.0. The van der Waals surface area contributed by atoms with Gasteiger partial charge in [0.2, 0.25) is 0 Å². The van der Waals surface area contributed by atoms with E-state index in [-0.39, 0.29) is 13.2 Å². The molecule has 1 fully saturated rings. The largest absolute Gasteiger partial charge is 0.350 e. The molecule has 1 saturated heterocycles. The highest BCUT2D eigenvalue weighted by molar-refractivity contribution is 4.82. The Bertz CT molecular complexity index is 132. The lowest BCUT2D eigenvalue weighted by Crippen LogP contribution is -2.34. The maximum absolute atomic E-state index is 5.58. The molecule has 0 aromatic heterocycles. The topological polar surface area (TPSA) is 18.5 Å². The van der Waals surface area contributed by atoms with E-state index in [1.54, 1.807) is 0 Å². The molecule has 2 nitrogen and oxygen atoms in total. The first-order chi connectivity index (χ1) is 5.10. The molecular weight excluding hydrogens is 152 g/mol. The van der Waals surface area contributed by atoms with Gasteiger partial charge in [0.15, 0.2) is 5.79 Å². The molecule has 0 amide bonds. The molecule has 0 saturated carbocycles. The third-order valence-corrected chi connectivity index (χ3v) is 2.74. The van der Waals surface area contributed by atoms with Crippen molar-refractivity contribution in [1.82, 2.24) is 0 Å². The molecule has 0 aromatic rings. The van der Waals surface area contributed by atoms with Crippen molar-refractivity contribution in [3.63, 3.8) is 0 Å². The summed E-state index contributed by atoms with van der Waals surface area (Å²) in [7, 11) is 0. The molecule has 1 aliphatic rings. The summed E-state index contributed by atoms with van der Waals surface area (Å²) in [6, 6.07) is 0. The molecule has 74 valence electrons. The molecule has 1 heterocycles. The quantitative estimate of drug-likeness (QED) is 0.640. The van der Waals surface area contributed by atoms with E-state index in [1.807, 2.05) is 13.8 Å². The summed E-state index contributed by atoms with van der Waals surface area (Å²) in [5.74, 6) is 0.794. The zero-order valence-electron chi connectivity index (χ0n) is 7.89. The summed E-state index contributed by atoms with van der Waals surface area (Å²) < 4.78 is 11.1. The van der Waals surface area contributed by atoms with Gasteiger partial charge in [-0.1, -0.05) is 21.3 Å². The van der Waals surface area contributed by atoms with E-state index in [0.29, 0.717) is 11.8 Å². The second kappa shape index (κ2) is 4.24. The Hall–Kier alpha value is -0.0800. The average molecular weight is 174 g/mol. The molecule has 12 heavy (non-hydrogen) atoms.